The molecule has 0 saturated carbocycles. The summed E-state index contributed by atoms with van der Waals surface area (Å²) in [6.07, 6.45) is 0. The second-order valence-electron chi connectivity index (χ2n) is 4.52. The summed E-state index contributed by atoms with van der Waals surface area (Å²) in [4.78, 5) is 0. The Bertz CT molecular complexity index is 481. The van der Waals surface area contributed by atoms with Gasteiger partial charge in [0.25, 0.3) is 0 Å². The zero-order chi connectivity index (χ0) is 12.4. The molecule has 0 N–H and O–H groups in total. The van der Waals surface area contributed by atoms with Crippen molar-refractivity contribution in [1.82, 2.24) is 0 Å². The van der Waals surface area contributed by atoms with E-state index < -0.39 is 10.1 Å². The van der Waals surface area contributed by atoms with Gasteiger partial charge in [-0.05, 0) is 23.1 Å². The Hall–Kier alpha value is -1.29. The molecule has 0 aliphatic heterocycles. The number of benzene rings is 1. The van der Waals surface area contributed by atoms with Gasteiger partial charge in [0.1, 0.15) is 5.75 Å². The first kappa shape index (κ1) is 12.8. The molecule has 3 nitrogen and oxygen atoms in total. The van der Waals surface area contributed by atoms with Crippen molar-refractivity contribution in [3.63, 3.8) is 0 Å². The molecule has 0 aromatic heterocycles. The summed E-state index contributed by atoms with van der Waals surface area (Å²) in [5.74, 6) is 0.312. The van der Waals surface area contributed by atoms with Gasteiger partial charge in [0, 0.05) is 0 Å². The van der Waals surface area contributed by atoms with Crippen LogP contribution in [-0.2, 0) is 15.5 Å². The summed E-state index contributed by atoms with van der Waals surface area (Å²) in [5.41, 5.74) is 0.974. The van der Waals surface area contributed by atoms with Gasteiger partial charge in [-0.25, -0.2) is 0 Å². The first-order valence-corrected chi connectivity index (χ1v) is 6.39. The van der Waals surface area contributed by atoms with Crippen LogP contribution in [0, 0.1) is 0 Å². The van der Waals surface area contributed by atoms with E-state index in [0.29, 0.717) is 5.75 Å². The monoisotopic (exact) mass is 240 g/mol. The molecule has 4 heteroatoms. The quantitative estimate of drug-likeness (QED) is 0.763. The van der Waals surface area contributed by atoms with Gasteiger partial charge >= 0.3 is 10.1 Å². The highest BCUT2D eigenvalue weighted by atomic mass is 32.2. The second-order valence-corrected chi connectivity index (χ2v) is 6.01. The van der Waals surface area contributed by atoms with E-state index in [1.807, 2.05) is 26.8 Å². The lowest BCUT2D eigenvalue weighted by Crippen LogP contribution is -2.11. The van der Waals surface area contributed by atoms with Gasteiger partial charge in [-0.1, -0.05) is 39.5 Å². The zero-order valence-electron chi connectivity index (χ0n) is 9.73. The molecule has 0 radical (unpaired) electrons. The molecule has 0 aliphatic rings. The molecule has 0 unspecified atom stereocenters. The maximum Gasteiger partial charge on any atom is 0.331 e. The Balaban J connectivity index is 3.05. The first-order valence-electron chi connectivity index (χ1n) is 4.92. The van der Waals surface area contributed by atoms with Crippen LogP contribution in [0.5, 0.6) is 5.75 Å². The van der Waals surface area contributed by atoms with Gasteiger partial charge < -0.3 is 4.18 Å². The summed E-state index contributed by atoms with van der Waals surface area (Å²) in [5, 5.41) is 0.788. The van der Waals surface area contributed by atoms with Gasteiger partial charge in [0.15, 0.2) is 0 Å². The Kier molecular flexibility index (Phi) is 3.43. The lowest BCUT2D eigenvalue weighted by atomic mass is 9.87. The SMILES string of the molecule is C=CS(=O)(=O)Oc1cccc(C(C)(C)C)c1. The fraction of sp³-hybridized carbons (Fsp3) is 0.333. The zero-order valence-corrected chi connectivity index (χ0v) is 10.5. The number of hydrogen-bond acceptors (Lipinski definition) is 3. The summed E-state index contributed by atoms with van der Waals surface area (Å²) >= 11 is 0. The van der Waals surface area contributed by atoms with Crippen LogP contribution in [0.3, 0.4) is 0 Å². The molecule has 0 spiro atoms. The van der Waals surface area contributed by atoms with Crippen LogP contribution in [0.25, 0.3) is 0 Å². The van der Waals surface area contributed by atoms with Gasteiger partial charge in [0.05, 0.1) is 5.41 Å². The third kappa shape index (κ3) is 3.38. The van der Waals surface area contributed by atoms with Crippen molar-refractivity contribution in [2.24, 2.45) is 0 Å². The summed E-state index contributed by atoms with van der Waals surface area (Å²) in [7, 11) is -3.67. The first-order chi connectivity index (χ1) is 7.24. The highest BCUT2D eigenvalue weighted by Crippen LogP contribution is 2.26. The molecule has 0 amide bonds. The van der Waals surface area contributed by atoms with Crippen LogP contribution in [0.15, 0.2) is 36.3 Å². The van der Waals surface area contributed by atoms with Crippen molar-refractivity contribution in [3.8, 4) is 5.75 Å². The summed E-state index contributed by atoms with van der Waals surface area (Å²) in [6, 6.07) is 7.04. The molecule has 0 bridgehead atoms. The molecule has 0 fully saturated rings. The molecule has 0 atom stereocenters. The molecular weight excluding hydrogens is 224 g/mol. The maximum atomic E-state index is 11.2. The molecule has 1 aromatic rings. The average molecular weight is 240 g/mol. The smallest absolute Gasteiger partial charge is 0.331 e. The van der Waals surface area contributed by atoms with Crippen molar-refractivity contribution in [3.05, 3.63) is 41.8 Å². The highest BCUT2D eigenvalue weighted by Gasteiger charge is 2.15. The van der Waals surface area contributed by atoms with Crippen LogP contribution >= 0.6 is 0 Å². The molecule has 0 saturated heterocycles. The Labute approximate surface area is 96.9 Å². The summed E-state index contributed by atoms with van der Waals surface area (Å²) < 4.78 is 27.2. The highest BCUT2D eigenvalue weighted by molar-refractivity contribution is 7.90. The Morgan fingerprint density at radius 1 is 1.31 bits per heavy atom. The average Bonchev–Trinajstić information content (AvgIpc) is 2.16. The fourth-order valence-corrected chi connectivity index (χ4v) is 1.62. The lowest BCUT2D eigenvalue weighted by Gasteiger charge is -2.19. The van der Waals surface area contributed by atoms with Crippen LogP contribution in [0.1, 0.15) is 26.3 Å². The van der Waals surface area contributed by atoms with Crippen LogP contribution in [0.4, 0.5) is 0 Å². The third-order valence-corrected chi connectivity index (χ3v) is 2.95. The van der Waals surface area contributed by atoms with Crippen molar-refractivity contribution >= 4 is 10.1 Å². The molecule has 1 rings (SSSR count). The molecular formula is C12H16O3S. The van der Waals surface area contributed by atoms with Gasteiger partial charge in [0.2, 0.25) is 0 Å². The van der Waals surface area contributed by atoms with E-state index in [2.05, 4.69) is 6.58 Å². The molecule has 0 aliphatic carbocycles. The molecule has 0 heterocycles. The van der Waals surface area contributed by atoms with E-state index in [-0.39, 0.29) is 5.41 Å². The molecule has 1 aromatic carbocycles. The Morgan fingerprint density at radius 2 is 1.94 bits per heavy atom. The fourth-order valence-electron chi connectivity index (χ4n) is 1.18. The largest absolute Gasteiger partial charge is 0.379 e. The van der Waals surface area contributed by atoms with Crippen molar-refractivity contribution in [1.29, 1.82) is 0 Å². The minimum Gasteiger partial charge on any atom is -0.379 e. The predicted octanol–water partition coefficient (Wildman–Crippen LogP) is 2.84. The van der Waals surface area contributed by atoms with Crippen LogP contribution in [0.2, 0.25) is 0 Å². The normalized spacial score (nSPS) is 12.2. The van der Waals surface area contributed by atoms with Gasteiger partial charge in [-0.15, -0.1) is 0 Å². The Morgan fingerprint density at radius 3 is 2.44 bits per heavy atom. The maximum absolute atomic E-state index is 11.2. The van der Waals surface area contributed by atoms with Gasteiger partial charge in [-0.3, -0.25) is 0 Å². The predicted molar refractivity (Wildman–Crippen MR) is 64.9 cm³/mol. The van der Waals surface area contributed by atoms with Crippen molar-refractivity contribution < 1.29 is 12.6 Å². The van der Waals surface area contributed by atoms with Crippen LogP contribution < -0.4 is 4.18 Å². The van der Waals surface area contributed by atoms with Crippen LogP contribution in [-0.4, -0.2) is 8.42 Å². The van der Waals surface area contributed by atoms with Crippen molar-refractivity contribution in [2.45, 2.75) is 26.2 Å². The van der Waals surface area contributed by atoms with E-state index in [4.69, 9.17) is 4.18 Å². The third-order valence-electron chi connectivity index (χ3n) is 2.12. The lowest BCUT2D eigenvalue weighted by molar-refractivity contribution is 0.494. The minimum atomic E-state index is -3.67. The standard InChI is InChI=1S/C12H16O3S/c1-5-16(13,14)15-11-8-6-7-10(9-11)12(2,3)4/h5-9H,1H2,2-4H3. The van der Waals surface area contributed by atoms with E-state index >= 15 is 0 Å². The number of hydrogen-bond donors (Lipinski definition) is 0. The van der Waals surface area contributed by atoms with E-state index in [9.17, 15) is 8.42 Å². The second kappa shape index (κ2) is 4.29. The van der Waals surface area contributed by atoms with E-state index in [1.54, 1.807) is 18.2 Å². The topological polar surface area (TPSA) is 43.4 Å². The van der Waals surface area contributed by atoms with Crippen molar-refractivity contribution in [2.75, 3.05) is 0 Å². The molecule has 16 heavy (non-hydrogen) atoms. The summed E-state index contributed by atoms with van der Waals surface area (Å²) in [6.45, 7) is 9.34. The van der Waals surface area contributed by atoms with Gasteiger partial charge in [-0.2, -0.15) is 8.42 Å². The molecule has 88 valence electrons. The van der Waals surface area contributed by atoms with E-state index in [0.717, 1.165) is 11.0 Å². The minimum absolute atomic E-state index is 0.0443. The number of rotatable bonds is 3. The van der Waals surface area contributed by atoms with E-state index in [1.165, 1.54) is 0 Å².